The van der Waals surface area contributed by atoms with Crippen LogP contribution >= 0.6 is 0 Å². The number of esters is 1. The van der Waals surface area contributed by atoms with E-state index in [0.717, 1.165) is 24.0 Å². The number of rotatable bonds is 2. The molecule has 6 heteroatoms. The Hall–Kier alpha value is -2.76. The van der Waals surface area contributed by atoms with Gasteiger partial charge in [0.1, 0.15) is 5.82 Å². The van der Waals surface area contributed by atoms with Crippen LogP contribution in [0.1, 0.15) is 40.9 Å². The predicted octanol–water partition coefficient (Wildman–Crippen LogP) is 2.55. The van der Waals surface area contributed by atoms with E-state index in [1.165, 1.54) is 12.1 Å². The van der Waals surface area contributed by atoms with Crippen LogP contribution in [0.2, 0.25) is 0 Å². The lowest BCUT2D eigenvalue weighted by atomic mass is 9.93. The van der Waals surface area contributed by atoms with Gasteiger partial charge in [-0.3, -0.25) is 4.79 Å². The maximum absolute atomic E-state index is 13.2. The minimum absolute atomic E-state index is 0.0365. The van der Waals surface area contributed by atoms with Crippen molar-refractivity contribution >= 4 is 11.9 Å². The number of fused-ring (bicyclic) bond motifs is 2. The maximum atomic E-state index is 13.2. The Kier molecular flexibility index (Phi) is 3.05. The zero-order valence-corrected chi connectivity index (χ0v) is 14.1. The number of carbonyl (C=O) groups excluding carboxylic acids is 2. The van der Waals surface area contributed by atoms with Crippen molar-refractivity contribution in [1.29, 1.82) is 0 Å². The highest BCUT2D eigenvalue weighted by molar-refractivity contribution is 5.94. The first kappa shape index (κ1) is 15.5. The molecule has 1 atom stereocenters. The molecular formula is C20H17FN2O3. The number of halogens is 1. The number of pyridine rings is 1. The standard InChI is InChI=1S/C20H17FN2O3/c21-14-5-3-13(4-6-14)19(7-8-19)18(25)23-11-9-20(12-23)15-2-1-10-22-16(15)17(24)26-20/h1-6,10H,7-9,11-12H2. The molecule has 1 spiro atoms. The molecule has 1 aliphatic carbocycles. The van der Waals surface area contributed by atoms with E-state index in [2.05, 4.69) is 4.98 Å². The van der Waals surface area contributed by atoms with Crippen molar-refractivity contribution in [2.24, 2.45) is 0 Å². The molecule has 1 amide bonds. The van der Waals surface area contributed by atoms with Crippen molar-refractivity contribution in [3.8, 4) is 0 Å². The summed E-state index contributed by atoms with van der Waals surface area (Å²) >= 11 is 0. The summed E-state index contributed by atoms with van der Waals surface area (Å²) in [7, 11) is 0. The number of carbonyl (C=O) groups is 2. The second-order valence-electron chi connectivity index (χ2n) is 7.35. The van der Waals surface area contributed by atoms with Gasteiger partial charge in [-0.15, -0.1) is 0 Å². The van der Waals surface area contributed by atoms with Crippen LogP contribution in [-0.2, 0) is 20.5 Å². The molecule has 1 unspecified atom stereocenters. The normalized spacial score (nSPS) is 25.3. The molecule has 1 saturated heterocycles. The molecule has 3 heterocycles. The van der Waals surface area contributed by atoms with Gasteiger partial charge in [-0.05, 0) is 36.6 Å². The molecule has 5 nitrogen and oxygen atoms in total. The average molecular weight is 352 g/mol. The van der Waals surface area contributed by atoms with Crippen molar-refractivity contribution in [2.75, 3.05) is 13.1 Å². The summed E-state index contributed by atoms with van der Waals surface area (Å²) in [5.74, 6) is -0.692. The molecule has 1 aromatic heterocycles. The Labute approximate surface area is 149 Å². The number of hydrogen-bond donors (Lipinski definition) is 0. The van der Waals surface area contributed by atoms with E-state index in [4.69, 9.17) is 4.74 Å². The van der Waals surface area contributed by atoms with Crippen LogP contribution in [0.4, 0.5) is 4.39 Å². The van der Waals surface area contributed by atoms with E-state index >= 15 is 0 Å². The van der Waals surface area contributed by atoms with Gasteiger partial charge in [-0.2, -0.15) is 0 Å². The van der Waals surface area contributed by atoms with E-state index in [1.807, 2.05) is 6.07 Å². The van der Waals surface area contributed by atoms with Gasteiger partial charge in [0.05, 0.1) is 12.0 Å². The lowest BCUT2D eigenvalue weighted by molar-refractivity contribution is -0.134. The minimum Gasteiger partial charge on any atom is -0.447 e. The Balaban J connectivity index is 1.43. The highest BCUT2D eigenvalue weighted by Crippen LogP contribution is 2.51. The van der Waals surface area contributed by atoms with E-state index in [1.54, 1.807) is 29.3 Å². The van der Waals surface area contributed by atoms with Crippen molar-refractivity contribution in [1.82, 2.24) is 9.88 Å². The molecule has 2 aliphatic heterocycles. The molecule has 0 N–H and O–H groups in total. The Morgan fingerprint density at radius 2 is 1.92 bits per heavy atom. The quantitative estimate of drug-likeness (QED) is 0.780. The number of hydrogen-bond acceptors (Lipinski definition) is 4. The van der Waals surface area contributed by atoms with E-state index in [0.29, 0.717) is 25.2 Å². The summed E-state index contributed by atoms with van der Waals surface area (Å²) in [4.78, 5) is 31.3. The SMILES string of the molecule is O=C1OC2(CCN(C(=O)C3(c4ccc(F)cc4)CC3)C2)c2cccnc21. The zero-order chi connectivity index (χ0) is 17.9. The highest BCUT2D eigenvalue weighted by Gasteiger charge is 2.58. The van der Waals surface area contributed by atoms with Gasteiger partial charge in [0.25, 0.3) is 0 Å². The smallest absolute Gasteiger partial charge is 0.358 e. The first-order valence-corrected chi connectivity index (χ1v) is 8.78. The zero-order valence-electron chi connectivity index (χ0n) is 14.1. The maximum Gasteiger partial charge on any atom is 0.358 e. The summed E-state index contributed by atoms with van der Waals surface area (Å²) in [6.07, 6.45) is 3.67. The third kappa shape index (κ3) is 2.04. The fourth-order valence-electron chi connectivity index (χ4n) is 4.30. The third-order valence-corrected chi connectivity index (χ3v) is 5.86. The van der Waals surface area contributed by atoms with E-state index in [-0.39, 0.29) is 11.7 Å². The van der Waals surface area contributed by atoms with Gasteiger partial charge in [0.2, 0.25) is 5.91 Å². The fraction of sp³-hybridized carbons (Fsp3) is 0.350. The molecule has 0 radical (unpaired) electrons. The Morgan fingerprint density at radius 3 is 2.65 bits per heavy atom. The van der Waals surface area contributed by atoms with Gasteiger partial charge >= 0.3 is 5.97 Å². The van der Waals surface area contributed by atoms with Gasteiger partial charge in [-0.25, -0.2) is 14.2 Å². The van der Waals surface area contributed by atoms with Crippen LogP contribution in [0.15, 0.2) is 42.6 Å². The number of likely N-dealkylation sites (tertiary alicyclic amines) is 1. The van der Waals surface area contributed by atoms with Crippen LogP contribution in [0, 0.1) is 5.82 Å². The fourth-order valence-corrected chi connectivity index (χ4v) is 4.30. The second-order valence-corrected chi connectivity index (χ2v) is 7.35. The molecule has 132 valence electrons. The third-order valence-electron chi connectivity index (χ3n) is 5.86. The first-order valence-electron chi connectivity index (χ1n) is 8.78. The molecule has 3 aliphatic rings. The average Bonchev–Trinajstić information content (AvgIpc) is 3.28. The van der Waals surface area contributed by atoms with Gasteiger partial charge in [-0.1, -0.05) is 18.2 Å². The van der Waals surface area contributed by atoms with Crippen LogP contribution in [0.5, 0.6) is 0 Å². The largest absolute Gasteiger partial charge is 0.447 e. The van der Waals surface area contributed by atoms with Gasteiger partial charge in [0.15, 0.2) is 11.3 Å². The minimum atomic E-state index is -0.783. The number of amides is 1. The lowest BCUT2D eigenvalue weighted by Crippen LogP contribution is -2.40. The summed E-state index contributed by atoms with van der Waals surface area (Å²) in [5, 5.41) is 0. The molecular weight excluding hydrogens is 335 g/mol. The molecule has 2 fully saturated rings. The molecule has 0 bridgehead atoms. The second kappa shape index (κ2) is 5.13. The lowest BCUT2D eigenvalue weighted by Gasteiger charge is -2.26. The van der Waals surface area contributed by atoms with E-state index in [9.17, 15) is 14.0 Å². The number of aromatic nitrogens is 1. The van der Waals surface area contributed by atoms with Crippen LogP contribution in [0.3, 0.4) is 0 Å². The van der Waals surface area contributed by atoms with Gasteiger partial charge < -0.3 is 9.64 Å². The monoisotopic (exact) mass is 352 g/mol. The first-order chi connectivity index (χ1) is 12.5. The Morgan fingerprint density at radius 1 is 1.15 bits per heavy atom. The summed E-state index contributed by atoms with van der Waals surface area (Å²) in [6, 6.07) is 9.83. The van der Waals surface area contributed by atoms with Crippen molar-refractivity contribution in [3.63, 3.8) is 0 Å². The van der Waals surface area contributed by atoms with Crippen molar-refractivity contribution in [2.45, 2.75) is 30.3 Å². The van der Waals surface area contributed by atoms with Crippen LogP contribution in [0.25, 0.3) is 0 Å². The van der Waals surface area contributed by atoms with Crippen LogP contribution < -0.4 is 0 Å². The predicted molar refractivity (Wildman–Crippen MR) is 89.8 cm³/mol. The number of ether oxygens (including phenoxy) is 1. The molecule has 1 saturated carbocycles. The summed E-state index contributed by atoms with van der Waals surface area (Å²) < 4.78 is 18.9. The topological polar surface area (TPSA) is 59.5 Å². The number of benzene rings is 1. The van der Waals surface area contributed by atoms with Crippen molar-refractivity contribution < 1.29 is 18.7 Å². The molecule has 5 rings (SSSR count). The van der Waals surface area contributed by atoms with Crippen molar-refractivity contribution in [3.05, 3.63) is 65.2 Å². The van der Waals surface area contributed by atoms with E-state index < -0.39 is 17.0 Å². The Bertz CT molecular complexity index is 923. The number of nitrogens with zero attached hydrogens (tertiary/aromatic N) is 2. The molecule has 26 heavy (non-hydrogen) atoms. The van der Waals surface area contributed by atoms with Crippen LogP contribution in [-0.4, -0.2) is 34.8 Å². The highest BCUT2D eigenvalue weighted by atomic mass is 19.1. The summed E-state index contributed by atoms with van der Waals surface area (Å²) in [6.45, 7) is 0.878. The van der Waals surface area contributed by atoms with Gasteiger partial charge in [0, 0.05) is 24.7 Å². The summed E-state index contributed by atoms with van der Waals surface area (Å²) in [5.41, 5.74) is 0.637. The molecule has 2 aromatic rings. The molecule has 1 aromatic carbocycles.